The Morgan fingerprint density at radius 1 is 1.48 bits per heavy atom. The molecule has 0 bridgehead atoms. The van der Waals surface area contributed by atoms with Crippen molar-refractivity contribution in [3.8, 4) is 0 Å². The van der Waals surface area contributed by atoms with Crippen LogP contribution in [0.5, 0.6) is 0 Å². The summed E-state index contributed by atoms with van der Waals surface area (Å²) in [6.07, 6.45) is 3.82. The number of nitrogens with zero attached hydrogens (tertiary/aromatic N) is 1. The van der Waals surface area contributed by atoms with E-state index in [4.69, 9.17) is 18.0 Å². The fourth-order valence-corrected chi connectivity index (χ4v) is 3.30. The predicted octanol–water partition coefficient (Wildman–Crippen LogP) is 0.873. The molecule has 0 amide bonds. The number of rotatable bonds is 6. The molecule has 0 spiro atoms. The zero-order chi connectivity index (χ0) is 15.5. The van der Waals surface area contributed by atoms with Crippen molar-refractivity contribution in [3.63, 3.8) is 0 Å². The van der Waals surface area contributed by atoms with E-state index < -0.39 is 10.0 Å². The van der Waals surface area contributed by atoms with Crippen LogP contribution in [0.2, 0.25) is 0 Å². The number of H-pyrrole nitrogens is 1. The van der Waals surface area contributed by atoms with Crippen molar-refractivity contribution in [2.45, 2.75) is 18.2 Å². The molecular formula is C13H16N4O2S2. The Morgan fingerprint density at radius 3 is 2.81 bits per heavy atom. The minimum atomic E-state index is -3.56. The maximum absolute atomic E-state index is 12.3. The van der Waals surface area contributed by atoms with E-state index in [1.165, 1.54) is 6.07 Å². The molecule has 6 nitrogen and oxygen atoms in total. The second-order valence-corrected chi connectivity index (χ2v) is 6.70. The summed E-state index contributed by atoms with van der Waals surface area (Å²) in [5.41, 5.74) is 6.78. The van der Waals surface area contributed by atoms with Gasteiger partial charge in [-0.25, -0.2) is 18.1 Å². The zero-order valence-electron chi connectivity index (χ0n) is 11.5. The van der Waals surface area contributed by atoms with Gasteiger partial charge >= 0.3 is 0 Å². The van der Waals surface area contributed by atoms with Crippen molar-refractivity contribution in [2.24, 2.45) is 5.73 Å². The minimum absolute atomic E-state index is 0.224. The summed E-state index contributed by atoms with van der Waals surface area (Å²) in [7, 11) is -3.56. The smallest absolute Gasteiger partial charge is 0.240 e. The van der Waals surface area contributed by atoms with Gasteiger partial charge in [0.25, 0.3) is 0 Å². The van der Waals surface area contributed by atoms with Gasteiger partial charge in [-0.1, -0.05) is 18.3 Å². The highest BCUT2D eigenvalue weighted by molar-refractivity contribution is 7.89. The van der Waals surface area contributed by atoms with Gasteiger partial charge in [0, 0.05) is 30.9 Å². The first-order chi connectivity index (χ1) is 9.90. The SMILES string of the molecule is Cc1cc(C(N)=S)ccc1S(=O)(=O)NCCc1ncc[nH]1. The third kappa shape index (κ3) is 3.87. The molecule has 0 aliphatic rings. The van der Waals surface area contributed by atoms with Crippen molar-refractivity contribution >= 4 is 27.2 Å². The number of aromatic nitrogens is 2. The number of nitrogens with two attached hydrogens (primary N) is 1. The molecule has 0 saturated heterocycles. The Kier molecular flexibility index (Phi) is 4.71. The molecule has 0 unspecified atom stereocenters. The van der Waals surface area contributed by atoms with E-state index in [1.807, 2.05) is 0 Å². The van der Waals surface area contributed by atoms with Gasteiger partial charge in [-0.15, -0.1) is 0 Å². The second-order valence-electron chi connectivity index (χ2n) is 4.53. The number of aromatic amines is 1. The van der Waals surface area contributed by atoms with E-state index in [2.05, 4.69) is 14.7 Å². The van der Waals surface area contributed by atoms with Crippen molar-refractivity contribution in [3.05, 3.63) is 47.5 Å². The number of hydrogen-bond acceptors (Lipinski definition) is 4. The number of imidazole rings is 1. The van der Waals surface area contributed by atoms with E-state index in [0.29, 0.717) is 17.5 Å². The second kappa shape index (κ2) is 6.33. The van der Waals surface area contributed by atoms with Gasteiger partial charge in [0.2, 0.25) is 10.0 Å². The first kappa shape index (κ1) is 15.6. The van der Waals surface area contributed by atoms with Crippen LogP contribution in [0.15, 0.2) is 35.5 Å². The minimum Gasteiger partial charge on any atom is -0.389 e. The van der Waals surface area contributed by atoms with E-state index >= 15 is 0 Å². The Morgan fingerprint density at radius 2 is 2.24 bits per heavy atom. The molecule has 0 aliphatic heterocycles. The molecule has 0 radical (unpaired) electrons. The lowest BCUT2D eigenvalue weighted by molar-refractivity contribution is 0.580. The van der Waals surface area contributed by atoms with Crippen LogP contribution in [0.1, 0.15) is 17.0 Å². The van der Waals surface area contributed by atoms with Crippen LogP contribution in [-0.2, 0) is 16.4 Å². The standard InChI is InChI=1S/C13H16N4O2S2/c1-9-8-10(13(14)20)2-3-11(9)21(18,19)17-5-4-12-15-6-7-16-12/h2-3,6-8,17H,4-5H2,1H3,(H2,14,20)(H,15,16). The van der Waals surface area contributed by atoms with Crippen molar-refractivity contribution in [1.82, 2.24) is 14.7 Å². The lowest BCUT2D eigenvalue weighted by atomic mass is 10.1. The molecule has 21 heavy (non-hydrogen) atoms. The number of sulfonamides is 1. The summed E-state index contributed by atoms with van der Waals surface area (Å²) in [4.78, 5) is 7.43. The molecule has 0 atom stereocenters. The van der Waals surface area contributed by atoms with Gasteiger partial charge in [-0.2, -0.15) is 0 Å². The van der Waals surface area contributed by atoms with E-state index in [9.17, 15) is 8.42 Å². The number of thiocarbonyl (C=S) groups is 1. The van der Waals surface area contributed by atoms with E-state index in [-0.39, 0.29) is 16.4 Å². The van der Waals surface area contributed by atoms with Crippen LogP contribution in [0, 0.1) is 6.92 Å². The van der Waals surface area contributed by atoms with Crippen molar-refractivity contribution in [1.29, 1.82) is 0 Å². The van der Waals surface area contributed by atoms with Gasteiger partial charge in [0.1, 0.15) is 10.8 Å². The molecule has 1 aromatic carbocycles. The van der Waals surface area contributed by atoms with E-state index in [0.717, 1.165) is 5.82 Å². The van der Waals surface area contributed by atoms with Gasteiger partial charge in [-0.3, -0.25) is 0 Å². The molecule has 0 saturated carbocycles. The van der Waals surface area contributed by atoms with E-state index in [1.54, 1.807) is 31.5 Å². The summed E-state index contributed by atoms with van der Waals surface area (Å²) in [5, 5.41) is 0. The Hall–Kier alpha value is -1.77. The van der Waals surface area contributed by atoms with Crippen molar-refractivity contribution in [2.75, 3.05) is 6.54 Å². The molecule has 0 fully saturated rings. The summed E-state index contributed by atoms with van der Waals surface area (Å²) in [5.74, 6) is 0.734. The summed E-state index contributed by atoms with van der Waals surface area (Å²) in [6.45, 7) is 1.98. The monoisotopic (exact) mass is 324 g/mol. The first-order valence-electron chi connectivity index (χ1n) is 6.28. The molecule has 1 aromatic heterocycles. The number of aryl methyl sites for hydroxylation is 1. The topological polar surface area (TPSA) is 101 Å². The molecule has 2 rings (SSSR count). The number of nitrogens with one attached hydrogen (secondary N) is 2. The molecule has 1 heterocycles. The van der Waals surface area contributed by atoms with Crippen LogP contribution in [0.3, 0.4) is 0 Å². The van der Waals surface area contributed by atoms with Crippen LogP contribution in [0.4, 0.5) is 0 Å². The summed E-state index contributed by atoms with van der Waals surface area (Å²) in [6, 6.07) is 4.79. The van der Waals surface area contributed by atoms with Crippen LogP contribution in [-0.4, -0.2) is 29.9 Å². The van der Waals surface area contributed by atoms with Crippen LogP contribution < -0.4 is 10.5 Å². The quantitative estimate of drug-likeness (QED) is 0.685. The van der Waals surface area contributed by atoms with Gasteiger partial charge < -0.3 is 10.7 Å². The van der Waals surface area contributed by atoms with Crippen molar-refractivity contribution < 1.29 is 8.42 Å². The maximum atomic E-state index is 12.3. The fraction of sp³-hybridized carbons (Fsp3) is 0.231. The zero-order valence-corrected chi connectivity index (χ0v) is 13.1. The maximum Gasteiger partial charge on any atom is 0.240 e. The molecule has 0 aliphatic carbocycles. The third-order valence-electron chi connectivity index (χ3n) is 2.96. The molecule has 112 valence electrons. The normalized spacial score (nSPS) is 11.5. The van der Waals surface area contributed by atoms with Crippen LogP contribution in [0.25, 0.3) is 0 Å². The third-order valence-corrected chi connectivity index (χ3v) is 4.81. The molecule has 4 N–H and O–H groups in total. The summed E-state index contributed by atoms with van der Waals surface area (Å²) < 4.78 is 27.1. The number of hydrogen-bond donors (Lipinski definition) is 3. The first-order valence-corrected chi connectivity index (χ1v) is 8.17. The van der Waals surface area contributed by atoms with Gasteiger partial charge in [0.15, 0.2) is 0 Å². The summed E-state index contributed by atoms with van der Waals surface area (Å²) >= 11 is 4.88. The number of benzene rings is 1. The highest BCUT2D eigenvalue weighted by atomic mass is 32.2. The largest absolute Gasteiger partial charge is 0.389 e. The average Bonchev–Trinajstić information content (AvgIpc) is 2.91. The fourth-order valence-electron chi connectivity index (χ4n) is 1.92. The molecular weight excluding hydrogens is 308 g/mol. The lowest BCUT2D eigenvalue weighted by Crippen LogP contribution is -2.27. The highest BCUT2D eigenvalue weighted by Gasteiger charge is 2.17. The Bertz CT molecular complexity index is 740. The molecule has 2 aromatic rings. The lowest BCUT2D eigenvalue weighted by Gasteiger charge is -2.10. The molecule has 8 heteroatoms. The van der Waals surface area contributed by atoms with Gasteiger partial charge in [0.05, 0.1) is 4.90 Å². The van der Waals surface area contributed by atoms with Crippen LogP contribution >= 0.6 is 12.2 Å². The average molecular weight is 324 g/mol. The predicted molar refractivity (Wildman–Crippen MR) is 84.5 cm³/mol. The Labute approximate surface area is 128 Å². The van der Waals surface area contributed by atoms with Gasteiger partial charge in [-0.05, 0) is 24.6 Å². The Balaban J connectivity index is 2.10. The highest BCUT2D eigenvalue weighted by Crippen LogP contribution is 2.16.